The van der Waals surface area contributed by atoms with E-state index in [0.29, 0.717) is 0 Å². The van der Waals surface area contributed by atoms with Crippen LogP contribution in [0.2, 0.25) is 0 Å². The first kappa shape index (κ1) is 11.4. The highest BCUT2D eigenvalue weighted by atomic mass is 32.2. The quantitative estimate of drug-likeness (QED) is 0.813. The van der Waals surface area contributed by atoms with Crippen molar-refractivity contribution >= 4 is 21.5 Å². The molecule has 0 spiro atoms. The summed E-state index contributed by atoms with van der Waals surface area (Å²) in [7, 11) is -2.11. The number of anilines is 2. The molecule has 8 heteroatoms. The summed E-state index contributed by atoms with van der Waals surface area (Å²) in [6.07, 6.45) is 2.99. The molecule has 0 atom stereocenters. The molecule has 17 heavy (non-hydrogen) atoms. The Kier molecular flexibility index (Phi) is 2.72. The van der Waals surface area contributed by atoms with Crippen LogP contribution in [0.15, 0.2) is 35.6 Å². The van der Waals surface area contributed by atoms with Crippen LogP contribution in [-0.4, -0.2) is 23.2 Å². The molecule has 0 amide bonds. The fourth-order valence-corrected chi connectivity index (χ4v) is 2.34. The molecule has 3 N–H and O–H groups in total. The van der Waals surface area contributed by atoms with Crippen molar-refractivity contribution < 1.29 is 8.42 Å². The minimum atomic E-state index is -3.79. The summed E-state index contributed by atoms with van der Waals surface area (Å²) in [6, 6.07) is 4.58. The van der Waals surface area contributed by atoms with Gasteiger partial charge in [-0.15, -0.1) is 0 Å². The van der Waals surface area contributed by atoms with Crippen LogP contribution in [0.5, 0.6) is 0 Å². The lowest BCUT2D eigenvalue weighted by molar-refractivity contribution is 0.597. The van der Waals surface area contributed by atoms with Crippen LogP contribution in [0, 0.1) is 0 Å². The van der Waals surface area contributed by atoms with Crippen molar-refractivity contribution in [2.45, 2.75) is 5.03 Å². The number of pyridine rings is 1. The smallest absolute Gasteiger partial charge is 0.282 e. The number of sulfonamides is 1. The van der Waals surface area contributed by atoms with E-state index in [1.807, 2.05) is 0 Å². The van der Waals surface area contributed by atoms with Gasteiger partial charge in [-0.05, 0) is 12.1 Å². The summed E-state index contributed by atoms with van der Waals surface area (Å²) < 4.78 is 27.6. The maximum Gasteiger partial charge on any atom is 0.282 e. The number of nitrogens with two attached hydrogens (primary N) is 1. The molecule has 0 saturated carbocycles. The highest BCUT2D eigenvalue weighted by Crippen LogP contribution is 2.17. The van der Waals surface area contributed by atoms with Gasteiger partial charge in [0.15, 0.2) is 10.8 Å². The van der Waals surface area contributed by atoms with E-state index in [2.05, 4.69) is 14.8 Å². The first-order valence-electron chi connectivity index (χ1n) is 4.72. The summed E-state index contributed by atoms with van der Waals surface area (Å²) in [5.74, 6) is 0.220. The van der Waals surface area contributed by atoms with Crippen molar-refractivity contribution in [1.29, 1.82) is 0 Å². The van der Waals surface area contributed by atoms with Crippen molar-refractivity contribution in [3.8, 4) is 0 Å². The highest BCUT2D eigenvalue weighted by Gasteiger charge is 2.19. The van der Waals surface area contributed by atoms with Gasteiger partial charge in [0.05, 0.1) is 5.69 Å². The van der Waals surface area contributed by atoms with Crippen molar-refractivity contribution in [2.75, 3.05) is 10.5 Å². The van der Waals surface area contributed by atoms with E-state index >= 15 is 0 Å². The number of hydrogen-bond donors (Lipinski definition) is 2. The first-order valence-corrected chi connectivity index (χ1v) is 6.20. The predicted octanol–water partition coefficient (Wildman–Crippen LogP) is 0.198. The second-order valence-electron chi connectivity index (χ2n) is 3.38. The zero-order valence-corrected chi connectivity index (χ0v) is 9.85. The Balaban J connectivity index is 2.35. The molecule has 7 nitrogen and oxygen atoms in total. The lowest BCUT2D eigenvalue weighted by atomic mass is 10.4. The Bertz CT molecular complexity index is 634. The number of aryl methyl sites for hydroxylation is 1. The van der Waals surface area contributed by atoms with Gasteiger partial charge in [-0.2, -0.15) is 13.5 Å². The van der Waals surface area contributed by atoms with Crippen LogP contribution in [-0.2, 0) is 17.1 Å². The summed E-state index contributed by atoms with van der Waals surface area (Å²) in [5.41, 5.74) is 5.65. The van der Waals surface area contributed by atoms with Crippen LogP contribution in [0.4, 0.5) is 11.5 Å². The van der Waals surface area contributed by atoms with Crippen molar-refractivity contribution in [2.24, 2.45) is 7.05 Å². The van der Waals surface area contributed by atoms with Crippen molar-refractivity contribution in [3.05, 3.63) is 30.6 Å². The summed E-state index contributed by atoms with van der Waals surface area (Å²) in [5, 5.41) is 3.71. The molecule has 90 valence electrons. The average molecular weight is 253 g/mol. The van der Waals surface area contributed by atoms with E-state index in [9.17, 15) is 8.42 Å². The number of hydrogen-bond acceptors (Lipinski definition) is 5. The number of nitrogens with one attached hydrogen (secondary N) is 1. The van der Waals surface area contributed by atoms with Gasteiger partial charge in [-0.1, -0.05) is 0 Å². The fourth-order valence-electron chi connectivity index (χ4n) is 1.28. The van der Waals surface area contributed by atoms with Gasteiger partial charge in [0.2, 0.25) is 0 Å². The molecule has 0 radical (unpaired) electrons. The van der Waals surface area contributed by atoms with E-state index < -0.39 is 10.0 Å². The van der Waals surface area contributed by atoms with Gasteiger partial charge in [0.1, 0.15) is 0 Å². The molecule has 0 aliphatic heterocycles. The van der Waals surface area contributed by atoms with E-state index in [-0.39, 0.29) is 16.5 Å². The lowest BCUT2D eigenvalue weighted by Gasteiger charge is -2.06. The van der Waals surface area contributed by atoms with Crippen LogP contribution in [0.25, 0.3) is 0 Å². The minimum absolute atomic E-state index is 0.0935. The SMILES string of the molecule is Cn1ccc(NS(=O)(=O)c2ncccc2N)n1. The summed E-state index contributed by atoms with van der Waals surface area (Å²) >= 11 is 0. The molecule has 2 aromatic rings. The summed E-state index contributed by atoms with van der Waals surface area (Å²) in [4.78, 5) is 3.74. The van der Waals surface area contributed by atoms with Gasteiger partial charge in [-0.3, -0.25) is 9.40 Å². The Morgan fingerprint density at radius 2 is 2.18 bits per heavy atom. The van der Waals surface area contributed by atoms with Crippen molar-refractivity contribution in [1.82, 2.24) is 14.8 Å². The summed E-state index contributed by atoms with van der Waals surface area (Å²) in [6.45, 7) is 0. The van der Waals surface area contributed by atoms with Gasteiger partial charge in [-0.25, -0.2) is 4.98 Å². The molecule has 0 saturated heterocycles. The first-order chi connectivity index (χ1) is 7.99. The lowest BCUT2D eigenvalue weighted by Crippen LogP contribution is -2.16. The van der Waals surface area contributed by atoms with E-state index in [1.165, 1.54) is 23.0 Å². The third kappa shape index (κ3) is 2.36. The van der Waals surface area contributed by atoms with E-state index in [4.69, 9.17) is 5.73 Å². The second kappa shape index (κ2) is 4.06. The molecule has 0 fully saturated rings. The van der Waals surface area contributed by atoms with E-state index in [0.717, 1.165) is 0 Å². The van der Waals surface area contributed by atoms with Crippen LogP contribution in [0.3, 0.4) is 0 Å². The van der Waals surface area contributed by atoms with Crippen LogP contribution >= 0.6 is 0 Å². The molecule has 0 aliphatic carbocycles. The normalized spacial score (nSPS) is 11.4. The van der Waals surface area contributed by atoms with E-state index in [1.54, 1.807) is 19.3 Å². The standard InChI is InChI=1S/C9H11N5O2S/c1-14-6-4-8(12-14)13-17(15,16)9-7(10)3-2-5-11-9/h2-6H,10H2,1H3,(H,12,13). The van der Waals surface area contributed by atoms with Gasteiger partial charge < -0.3 is 5.73 Å². The molecule has 2 rings (SSSR count). The number of nitrogens with zero attached hydrogens (tertiary/aromatic N) is 3. The Morgan fingerprint density at radius 1 is 1.41 bits per heavy atom. The van der Waals surface area contributed by atoms with Gasteiger partial charge in [0.25, 0.3) is 10.0 Å². The van der Waals surface area contributed by atoms with Gasteiger partial charge in [0, 0.05) is 25.5 Å². The fraction of sp³-hybridized carbons (Fsp3) is 0.111. The monoisotopic (exact) mass is 253 g/mol. The number of nitrogen functional groups attached to an aromatic ring is 1. The Morgan fingerprint density at radius 3 is 2.76 bits per heavy atom. The third-order valence-corrected chi connectivity index (χ3v) is 3.34. The maximum absolute atomic E-state index is 11.9. The molecule has 2 heterocycles. The zero-order valence-electron chi connectivity index (χ0n) is 9.03. The average Bonchev–Trinajstić information content (AvgIpc) is 2.63. The molecule has 2 aromatic heterocycles. The van der Waals surface area contributed by atoms with Crippen molar-refractivity contribution in [3.63, 3.8) is 0 Å². The molecule has 0 aliphatic rings. The zero-order chi connectivity index (χ0) is 12.5. The minimum Gasteiger partial charge on any atom is -0.396 e. The maximum atomic E-state index is 11.9. The Hall–Kier alpha value is -2.09. The molecular weight excluding hydrogens is 242 g/mol. The Labute approximate surface area is 98.3 Å². The molecule has 0 unspecified atom stereocenters. The molecule has 0 aromatic carbocycles. The largest absolute Gasteiger partial charge is 0.396 e. The number of aromatic nitrogens is 3. The molecule has 0 bridgehead atoms. The molecular formula is C9H11N5O2S. The highest BCUT2D eigenvalue weighted by molar-refractivity contribution is 7.92. The predicted molar refractivity (Wildman–Crippen MR) is 62.7 cm³/mol. The third-order valence-electron chi connectivity index (χ3n) is 2.01. The topological polar surface area (TPSA) is 103 Å². The van der Waals surface area contributed by atoms with Crippen LogP contribution in [0.1, 0.15) is 0 Å². The van der Waals surface area contributed by atoms with Crippen LogP contribution < -0.4 is 10.5 Å². The number of rotatable bonds is 3. The van der Waals surface area contributed by atoms with Gasteiger partial charge >= 0.3 is 0 Å². The second-order valence-corrected chi connectivity index (χ2v) is 4.98.